The molecule has 0 bridgehead atoms. The maximum Gasteiger partial charge on any atom is 0.135 e. The molecular weight excluding hydrogens is 240 g/mol. The average Bonchev–Trinajstić information content (AvgIpc) is 2.26. The predicted octanol–water partition coefficient (Wildman–Crippen LogP) is 2.60. The van der Waals surface area contributed by atoms with Crippen molar-refractivity contribution in [3.05, 3.63) is 11.9 Å². The van der Waals surface area contributed by atoms with Gasteiger partial charge in [0, 0.05) is 19.0 Å². The minimum Gasteiger partial charge on any atom is -0.388 e. The third-order valence-electron chi connectivity index (χ3n) is 3.49. The molecule has 1 rings (SSSR count). The molecule has 0 radical (unpaired) electrons. The molecule has 3 N–H and O–H groups in total. The van der Waals surface area contributed by atoms with E-state index in [9.17, 15) is 5.11 Å². The summed E-state index contributed by atoms with van der Waals surface area (Å²) in [5, 5.41) is 16.5. The van der Waals surface area contributed by atoms with Crippen molar-refractivity contribution in [1.29, 1.82) is 0 Å². The topological polar surface area (TPSA) is 70.1 Å². The van der Waals surface area contributed by atoms with E-state index in [-0.39, 0.29) is 5.92 Å². The highest BCUT2D eigenvalue weighted by molar-refractivity contribution is 5.49. The fraction of sp³-hybridized carbons (Fsp3) is 0.714. The Hall–Kier alpha value is -1.36. The van der Waals surface area contributed by atoms with E-state index in [2.05, 4.69) is 34.4 Å². The van der Waals surface area contributed by atoms with Crippen LogP contribution in [0, 0.1) is 0 Å². The van der Waals surface area contributed by atoms with Crippen LogP contribution in [0.4, 0.5) is 11.6 Å². The lowest BCUT2D eigenvalue weighted by Crippen LogP contribution is -2.51. The first-order chi connectivity index (χ1) is 8.56. The Morgan fingerprint density at radius 3 is 2.05 bits per heavy atom. The summed E-state index contributed by atoms with van der Waals surface area (Å²) < 4.78 is 0. The van der Waals surface area contributed by atoms with Gasteiger partial charge in [-0.3, -0.25) is 0 Å². The number of nitrogens with one attached hydrogen (secondary N) is 2. The standard InChI is InChI=1S/C14H26N4O/c1-9(2)12-16-10(15-7)8-11(17-12)18-13(3,4)14(5,6)19/h8-9,19H,1-7H3,(H2,15,16,17,18). The minimum atomic E-state index is -0.865. The van der Waals surface area contributed by atoms with Gasteiger partial charge in [0.05, 0.1) is 11.1 Å². The lowest BCUT2D eigenvalue weighted by atomic mass is 9.86. The van der Waals surface area contributed by atoms with Crippen LogP contribution < -0.4 is 10.6 Å². The molecule has 1 aromatic heterocycles. The van der Waals surface area contributed by atoms with Gasteiger partial charge in [0.25, 0.3) is 0 Å². The molecule has 0 saturated carbocycles. The van der Waals surface area contributed by atoms with Gasteiger partial charge in [-0.05, 0) is 27.7 Å². The molecule has 0 amide bonds. The number of nitrogens with zero attached hydrogens (tertiary/aromatic N) is 2. The van der Waals surface area contributed by atoms with Crippen LogP contribution in [0.5, 0.6) is 0 Å². The van der Waals surface area contributed by atoms with E-state index in [1.54, 1.807) is 13.8 Å². The van der Waals surface area contributed by atoms with Crippen LogP contribution in [-0.4, -0.2) is 33.3 Å². The number of anilines is 2. The third kappa shape index (κ3) is 3.80. The lowest BCUT2D eigenvalue weighted by Gasteiger charge is -2.38. The zero-order chi connectivity index (χ0) is 14.8. The molecule has 19 heavy (non-hydrogen) atoms. The van der Waals surface area contributed by atoms with Crippen LogP contribution in [0.2, 0.25) is 0 Å². The van der Waals surface area contributed by atoms with E-state index in [1.807, 2.05) is 27.0 Å². The Morgan fingerprint density at radius 2 is 1.63 bits per heavy atom. The summed E-state index contributed by atoms with van der Waals surface area (Å²) in [6, 6.07) is 1.85. The summed E-state index contributed by atoms with van der Waals surface area (Å²) in [5.41, 5.74) is -1.36. The molecule has 0 aliphatic rings. The van der Waals surface area contributed by atoms with Crippen molar-refractivity contribution in [2.45, 2.75) is 58.6 Å². The second-order valence-corrected chi connectivity index (χ2v) is 6.21. The maximum absolute atomic E-state index is 10.2. The lowest BCUT2D eigenvalue weighted by molar-refractivity contribution is 0.0238. The van der Waals surface area contributed by atoms with E-state index in [1.165, 1.54) is 0 Å². The summed E-state index contributed by atoms with van der Waals surface area (Å²) in [6.07, 6.45) is 0. The van der Waals surface area contributed by atoms with Crippen LogP contribution in [0.25, 0.3) is 0 Å². The van der Waals surface area contributed by atoms with Gasteiger partial charge >= 0.3 is 0 Å². The molecule has 108 valence electrons. The molecule has 0 aromatic carbocycles. The summed E-state index contributed by atoms with van der Waals surface area (Å²) >= 11 is 0. The molecule has 0 saturated heterocycles. The largest absolute Gasteiger partial charge is 0.388 e. The van der Waals surface area contributed by atoms with Crippen LogP contribution in [0.15, 0.2) is 6.07 Å². The van der Waals surface area contributed by atoms with Crippen LogP contribution in [0.3, 0.4) is 0 Å². The van der Waals surface area contributed by atoms with E-state index in [0.717, 1.165) is 17.5 Å². The van der Waals surface area contributed by atoms with Crippen molar-refractivity contribution in [2.75, 3.05) is 17.7 Å². The van der Waals surface area contributed by atoms with Crippen molar-refractivity contribution in [2.24, 2.45) is 0 Å². The number of aliphatic hydroxyl groups is 1. The van der Waals surface area contributed by atoms with E-state index >= 15 is 0 Å². The first-order valence-corrected chi connectivity index (χ1v) is 6.64. The summed E-state index contributed by atoms with van der Waals surface area (Å²) in [7, 11) is 1.83. The first kappa shape index (κ1) is 15.7. The monoisotopic (exact) mass is 266 g/mol. The van der Waals surface area contributed by atoms with Gasteiger partial charge in [0.2, 0.25) is 0 Å². The van der Waals surface area contributed by atoms with E-state index in [4.69, 9.17) is 0 Å². The van der Waals surface area contributed by atoms with Crippen LogP contribution in [-0.2, 0) is 0 Å². The van der Waals surface area contributed by atoms with Gasteiger partial charge in [-0.2, -0.15) is 0 Å². The Kier molecular flexibility index (Phi) is 4.40. The second-order valence-electron chi connectivity index (χ2n) is 6.21. The molecule has 0 unspecified atom stereocenters. The van der Waals surface area contributed by atoms with Crippen molar-refractivity contribution in [3.63, 3.8) is 0 Å². The number of rotatable bonds is 5. The van der Waals surface area contributed by atoms with Crippen molar-refractivity contribution >= 4 is 11.6 Å². The van der Waals surface area contributed by atoms with Crippen molar-refractivity contribution in [3.8, 4) is 0 Å². The second kappa shape index (κ2) is 5.33. The van der Waals surface area contributed by atoms with Crippen LogP contribution in [0.1, 0.15) is 53.3 Å². The smallest absolute Gasteiger partial charge is 0.135 e. The average molecular weight is 266 g/mol. The molecule has 1 heterocycles. The minimum absolute atomic E-state index is 0.249. The Balaban J connectivity index is 3.11. The Labute approximate surface area is 115 Å². The number of hydrogen-bond donors (Lipinski definition) is 3. The molecule has 0 fully saturated rings. The zero-order valence-electron chi connectivity index (χ0n) is 13.0. The van der Waals surface area contributed by atoms with Crippen molar-refractivity contribution < 1.29 is 5.11 Å². The highest BCUT2D eigenvalue weighted by atomic mass is 16.3. The number of aromatic nitrogens is 2. The highest BCUT2D eigenvalue weighted by Crippen LogP contribution is 2.26. The molecule has 5 nitrogen and oxygen atoms in total. The van der Waals surface area contributed by atoms with E-state index < -0.39 is 11.1 Å². The van der Waals surface area contributed by atoms with E-state index in [0.29, 0.717) is 0 Å². The first-order valence-electron chi connectivity index (χ1n) is 6.64. The molecule has 5 heteroatoms. The van der Waals surface area contributed by atoms with Gasteiger partial charge in [-0.15, -0.1) is 0 Å². The summed E-state index contributed by atoms with van der Waals surface area (Å²) in [4.78, 5) is 8.93. The molecule has 0 atom stereocenters. The third-order valence-corrected chi connectivity index (χ3v) is 3.49. The molecule has 1 aromatic rings. The molecular formula is C14H26N4O. The van der Waals surface area contributed by atoms with Gasteiger partial charge < -0.3 is 15.7 Å². The van der Waals surface area contributed by atoms with Gasteiger partial charge in [0.1, 0.15) is 17.5 Å². The highest BCUT2D eigenvalue weighted by Gasteiger charge is 2.35. The predicted molar refractivity (Wildman–Crippen MR) is 79.7 cm³/mol. The van der Waals surface area contributed by atoms with Crippen molar-refractivity contribution in [1.82, 2.24) is 9.97 Å². The summed E-state index contributed by atoms with van der Waals surface area (Å²) in [6.45, 7) is 11.6. The number of hydrogen-bond acceptors (Lipinski definition) is 5. The van der Waals surface area contributed by atoms with Crippen LogP contribution >= 0.6 is 0 Å². The molecule has 0 aliphatic carbocycles. The molecule has 0 spiro atoms. The maximum atomic E-state index is 10.2. The fourth-order valence-corrected chi connectivity index (χ4v) is 1.39. The SMILES string of the molecule is CNc1cc(NC(C)(C)C(C)(C)O)nc(C(C)C)n1. The quantitative estimate of drug-likeness (QED) is 0.764. The summed E-state index contributed by atoms with van der Waals surface area (Å²) in [5.74, 6) is 2.52. The van der Waals surface area contributed by atoms with Gasteiger partial charge in [-0.1, -0.05) is 13.8 Å². The van der Waals surface area contributed by atoms with Gasteiger partial charge in [-0.25, -0.2) is 9.97 Å². The fourth-order valence-electron chi connectivity index (χ4n) is 1.39. The normalized spacial score (nSPS) is 12.7. The Bertz CT molecular complexity index is 436. The zero-order valence-corrected chi connectivity index (χ0v) is 13.0. The Morgan fingerprint density at radius 1 is 1.11 bits per heavy atom. The van der Waals surface area contributed by atoms with Gasteiger partial charge in [0.15, 0.2) is 0 Å². The molecule has 0 aliphatic heterocycles.